The second kappa shape index (κ2) is 7.38. The molecule has 1 aliphatic heterocycles. The van der Waals surface area contributed by atoms with Crippen LogP contribution < -0.4 is 5.73 Å². The van der Waals surface area contributed by atoms with Gasteiger partial charge in [0.05, 0.1) is 19.2 Å². The van der Waals surface area contributed by atoms with Gasteiger partial charge in [-0.15, -0.1) is 0 Å². The molecular weight excluding hydrogens is 312 g/mol. The summed E-state index contributed by atoms with van der Waals surface area (Å²) in [7, 11) is 0. The number of rotatable bonds is 3. The largest absolute Gasteiger partial charge is 0.370 e. The van der Waals surface area contributed by atoms with Gasteiger partial charge < -0.3 is 15.4 Å². The number of ether oxygens (including phenoxy) is 1. The van der Waals surface area contributed by atoms with Crippen molar-refractivity contribution >= 4 is 5.91 Å². The summed E-state index contributed by atoms with van der Waals surface area (Å²) in [5.41, 5.74) is 10.9. The standard InChI is InChI=1S/C21H26N2O2/c1-14-4-5-15(2)19(10-14)20-12-23(16(3)13-25-20)21(24)18-8-6-17(11-22)7-9-18/h4-10,16,20H,11-13,22H2,1-3H3. The lowest BCUT2D eigenvalue weighted by molar-refractivity contribution is -0.0489. The Morgan fingerprint density at radius 1 is 1.20 bits per heavy atom. The molecule has 3 rings (SSSR count). The summed E-state index contributed by atoms with van der Waals surface area (Å²) in [6.45, 7) is 7.81. The van der Waals surface area contributed by atoms with Gasteiger partial charge in [-0.05, 0) is 49.6 Å². The summed E-state index contributed by atoms with van der Waals surface area (Å²) in [5.74, 6) is 0.0506. The Bertz CT molecular complexity index is 755. The van der Waals surface area contributed by atoms with E-state index in [4.69, 9.17) is 10.5 Å². The van der Waals surface area contributed by atoms with E-state index in [-0.39, 0.29) is 18.1 Å². The van der Waals surface area contributed by atoms with Crippen LogP contribution in [0.1, 0.15) is 45.6 Å². The number of benzene rings is 2. The SMILES string of the molecule is Cc1ccc(C)c(C2CN(C(=O)c3ccc(CN)cc3)C(C)CO2)c1. The zero-order valence-corrected chi connectivity index (χ0v) is 15.2. The zero-order valence-electron chi connectivity index (χ0n) is 15.2. The number of aryl methyl sites for hydroxylation is 2. The van der Waals surface area contributed by atoms with Crippen molar-refractivity contribution in [2.24, 2.45) is 5.73 Å². The topological polar surface area (TPSA) is 55.6 Å². The van der Waals surface area contributed by atoms with E-state index in [0.29, 0.717) is 25.3 Å². The Labute approximate surface area is 149 Å². The number of nitrogens with two attached hydrogens (primary N) is 1. The third kappa shape index (κ3) is 3.75. The Hall–Kier alpha value is -2.17. The molecule has 2 unspecified atom stereocenters. The van der Waals surface area contributed by atoms with E-state index < -0.39 is 0 Å². The third-order valence-electron chi connectivity index (χ3n) is 4.91. The molecule has 132 valence electrons. The lowest BCUT2D eigenvalue weighted by atomic mass is 9.98. The van der Waals surface area contributed by atoms with Gasteiger partial charge in [0.15, 0.2) is 0 Å². The van der Waals surface area contributed by atoms with Crippen LogP contribution in [-0.2, 0) is 11.3 Å². The molecule has 4 nitrogen and oxygen atoms in total. The number of hydrogen-bond donors (Lipinski definition) is 1. The molecule has 0 bridgehead atoms. The molecule has 0 aliphatic carbocycles. The predicted octanol–water partition coefficient (Wildman–Crippen LogP) is 3.36. The highest BCUT2D eigenvalue weighted by Crippen LogP contribution is 2.29. The highest BCUT2D eigenvalue weighted by molar-refractivity contribution is 5.94. The van der Waals surface area contributed by atoms with Gasteiger partial charge in [-0.1, -0.05) is 35.9 Å². The quantitative estimate of drug-likeness (QED) is 0.933. The van der Waals surface area contributed by atoms with E-state index in [1.54, 1.807) is 0 Å². The summed E-state index contributed by atoms with van der Waals surface area (Å²) in [5, 5.41) is 0. The van der Waals surface area contributed by atoms with Crippen LogP contribution >= 0.6 is 0 Å². The van der Waals surface area contributed by atoms with Crippen LogP contribution in [0.4, 0.5) is 0 Å². The molecule has 1 fully saturated rings. The Kier molecular flexibility index (Phi) is 5.21. The second-order valence-electron chi connectivity index (χ2n) is 6.89. The maximum atomic E-state index is 13.0. The first kappa shape index (κ1) is 17.6. The fourth-order valence-corrected chi connectivity index (χ4v) is 3.28. The fraction of sp³-hybridized carbons (Fsp3) is 0.381. The average molecular weight is 338 g/mol. The van der Waals surface area contributed by atoms with Gasteiger partial charge >= 0.3 is 0 Å². The molecule has 1 saturated heterocycles. The van der Waals surface area contributed by atoms with Crippen LogP contribution in [0.3, 0.4) is 0 Å². The Morgan fingerprint density at radius 2 is 1.92 bits per heavy atom. The first-order chi connectivity index (χ1) is 12.0. The van der Waals surface area contributed by atoms with E-state index in [1.165, 1.54) is 16.7 Å². The Morgan fingerprint density at radius 3 is 2.60 bits per heavy atom. The molecule has 1 heterocycles. The van der Waals surface area contributed by atoms with Crippen LogP contribution in [0.25, 0.3) is 0 Å². The molecule has 2 atom stereocenters. The van der Waals surface area contributed by atoms with E-state index in [9.17, 15) is 4.79 Å². The van der Waals surface area contributed by atoms with Gasteiger partial charge in [0.2, 0.25) is 0 Å². The summed E-state index contributed by atoms with van der Waals surface area (Å²) < 4.78 is 6.05. The molecule has 1 aliphatic rings. The summed E-state index contributed by atoms with van der Waals surface area (Å²) >= 11 is 0. The van der Waals surface area contributed by atoms with E-state index >= 15 is 0 Å². The predicted molar refractivity (Wildman–Crippen MR) is 99.4 cm³/mol. The molecule has 2 aromatic carbocycles. The smallest absolute Gasteiger partial charge is 0.254 e. The molecule has 4 heteroatoms. The first-order valence-corrected chi connectivity index (χ1v) is 8.78. The number of carbonyl (C=O) groups excluding carboxylic acids is 1. The van der Waals surface area contributed by atoms with Gasteiger partial charge in [-0.2, -0.15) is 0 Å². The van der Waals surface area contributed by atoms with E-state index in [1.807, 2.05) is 36.1 Å². The van der Waals surface area contributed by atoms with Crippen molar-refractivity contribution in [3.05, 3.63) is 70.3 Å². The van der Waals surface area contributed by atoms with E-state index in [0.717, 1.165) is 5.56 Å². The first-order valence-electron chi connectivity index (χ1n) is 8.78. The number of nitrogens with zero attached hydrogens (tertiary/aromatic N) is 1. The van der Waals surface area contributed by atoms with Crippen molar-refractivity contribution in [3.8, 4) is 0 Å². The highest BCUT2D eigenvalue weighted by Gasteiger charge is 2.31. The molecule has 25 heavy (non-hydrogen) atoms. The number of amides is 1. The van der Waals surface area contributed by atoms with Gasteiger partial charge in [0.25, 0.3) is 5.91 Å². The van der Waals surface area contributed by atoms with Crippen molar-refractivity contribution in [1.29, 1.82) is 0 Å². The highest BCUT2D eigenvalue weighted by atomic mass is 16.5. The van der Waals surface area contributed by atoms with Gasteiger partial charge in [-0.25, -0.2) is 0 Å². The maximum absolute atomic E-state index is 13.0. The molecule has 0 aromatic heterocycles. The van der Waals surface area contributed by atoms with Crippen molar-refractivity contribution < 1.29 is 9.53 Å². The molecule has 2 N–H and O–H groups in total. The van der Waals surface area contributed by atoms with Crippen molar-refractivity contribution in [2.45, 2.75) is 39.5 Å². The average Bonchev–Trinajstić information content (AvgIpc) is 2.64. The van der Waals surface area contributed by atoms with Gasteiger partial charge in [0.1, 0.15) is 6.10 Å². The summed E-state index contributed by atoms with van der Waals surface area (Å²) in [4.78, 5) is 14.9. The summed E-state index contributed by atoms with van der Waals surface area (Å²) in [6.07, 6.45) is -0.0802. The molecular formula is C21H26N2O2. The molecule has 0 saturated carbocycles. The van der Waals surface area contributed by atoms with Crippen molar-refractivity contribution in [1.82, 2.24) is 4.90 Å². The monoisotopic (exact) mass is 338 g/mol. The van der Waals surface area contributed by atoms with Gasteiger partial charge in [0, 0.05) is 12.1 Å². The third-order valence-corrected chi connectivity index (χ3v) is 4.91. The van der Waals surface area contributed by atoms with Crippen LogP contribution in [0.2, 0.25) is 0 Å². The number of morpholine rings is 1. The number of hydrogen-bond acceptors (Lipinski definition) is 3. The lowest BCUT2D eigenvalue weighted by Crippen LogP contribution is -2.48. The van der Waals surface area contributed by atoms with E-state index in [2.05, 4.69) is 32.0 Å². The van der Waals surface area contributed by atoms with Gasteiger partial charge in [-0.3, -0.25) is 4.79 Å². The van der Waals surface area contributed by atoms with Crippen molar-refractivity contribution in [3.63, 3.8) is 0 Å². The minimum absolute atomic E-state index is 0.0506. The molecule has 1 amide bonds. The summed E-state index contributed by atoms with van der Waals surface area (Å²) in [6, 6.07) is 14.0. The molecule has 0 radical (unpaired) electrons. The van der Waals surface area contributed by atoms with Crippen molar-refractivity contribution in [2.75, 3.05) is 13.2 Å². The molecule has 0 spiro atoms. The lowest BCUT2D eigenvalue weighted by Gasteiger charge is -2.38. The normalized spacial score (nSPS) is 20.6. The maximum Gasteiger partial charge on any atom is 0.254 e. The number of carbonyl (C=O) groups is 1. The van der Waals surface area contributed by atoms with Crippen LogP contribution in [-0.4, -0.2) is 30.0 Å². The minimum Gasteiger partial charge on any atom is -0.370 e. The fourth-order valence-electron chi connectivity index (χ4n) is 3.28. The van der Waals surface area contributed by atoms with Crippen LogP contribution in [0, 0.1) is 13.8 Å². The minimum atomic E-state index is -0.0802. The van der Waals surface area contributed by atoms with Crippen LogP contribution in [0.5, 0.6) is 0 Å². The Balaban J connectivity index is 1.82. The second-order valence-corrected chi connectivity index (χ2v) is 6.89. The molecule has 2 aromatic rings. The zero-order chi connectivity index (χ0) is 18.0. The van der Waals surface area contributed by atoms with Crippen LogP contribution in [0.15, 0.2) is 42.5 Å².